The molecule has 7 heteroatoms. The Hall–Kier alpha value is -3.01. The van der Waals surface area contributed by atoms with E-state index in [9.17, 15) is 9.59 Å². The molecule has 110 valence electrons. The van der Waals surface area contributed by atoms with Crippen molar-refractivity contribution < 1.29 is 23.8 Å². The summed E-state index contributed by atoms with van der Waals surface area (Å²) in [5.74, 6) is -0.997. The van der Waals surface area contributed by atoms with E-state index in [-0.39, 0.29) is 11.3 Å². The number of carbonyl (C=O) groups excluding carboxylic acids is 2. The molecule has 21 heavy (non-hydrogen) atoms. The van der Waals surface area contributed by atoms with Gasteiger partial charge in [0, 0.05) is 0 Å². The molecule has 0 fully saturated rings. The fourth-order valence-corrected chi connectivity index (χ4v) is 1.43. The Morgan fingerprint density at radius 1 is 1.24 bits per heavy atom. The third-order valence-electron chi connectivity index (χ3n) is 2.49. The van der Waals surface area contributed by atoms with Gasteiger partial charge in [-0.3, -0.25) is 0 Å². The SMILES string of the molecule is COC(=O)/C=C(/Nc1ccc(OC)cc1C#N)C(=O)OC. The second kappa shape index (κ2) is 7.55. The number of hydrogen-bond acceptors (Lipinski definition) is 7. The normalized spacial score (nSPS) is 10.3. The molecule has 0 radical (unpaired) electrons. The standard InChI is InChI=1S/C14H14N2O5/c1-19-10-4-5-11(9(6-10)8-15)16-12(14(18)21-3)7-13(17)20-2/h4-7,16H,1-3H3/b12-7+. The minimum atomic E-state index is -0.764. The predicted molar refractivity (Wildman–Crippen MR) is 73.4 cm³/mol. The van der Waals surface area contributed by atoms with E-state index in [0.29, 0.717) is 11.4 Å². The van der Waals surface area contributed by atoms with E-state index in [2.05, 4.69) is 14.8 Å². The van der Waals surface area contributed by atoms with Crippen LogP contribution in [-0.4, -0.2) is 33.3 Å². The van der Waals surface area contributed by atoms with Crippen LogP contribution in [-0.2, 0) is 19.1 Å². The van der Waals surface area contributed by atoms with Crippen molar-refractivity contribution >= 4 is 17.6 Å². The van der Waals surface area contributed by atoms with Crippen LogP contribution in [0.15, 0.2) is 30.0 Å². The van der Waals surface area contributed by atoms with Crippen molar-refractivity contribution in [2.45, 2.75) is 0 Å². The van der Waals surface area contributed by atoms with Crippen LogP contribution in [0.5, 0.6) is 5.75 Å². The summed E-state index contributed by atoms with van der Waals surface area (Å²) in [6, 6.07) is 6.61. The van der Waals surface area contributed by atoms with Crippen LogP contribution in [0.3, 0.4) is 0 Å². The minimum absolute atomic E-state index is 0.147. The van der Waals surface area contributed by atoms with Gasteiger partial charge in [0.1, 0.15) is 17.5 Å². The predicted octanol–water partition coefficient (Wildman–Crippen LogP) is 1.21. The van der Waals surface area contributed by atoms with Crippen LogP contribution in [0.2, 0.25) is 0 Å². The third-order valence-corrected chi connectivity index (χ3v) is 2.49. The van der Waals surface area contributed by atoms with Crippen molar-refractivity contribution in [2.75, 3.05) is 26.6 Å². The van der Waals surface area contributed by atoms with E-state index < -0.39 is 11.9 Å². The summed E-state index contributed by atoms with van der Waals surface area (Å²) in [6.07, 6.45) is 0.942. The molecule has 1 aromatic rings. The van der Waals surface area contributed by atoms with E-state index in [1.165, 1.54) is 27.4 Å². The number of rotatable bonds is 5. The van der Waals surface area contributed by atoms with Gasteiger partial charge in [0.05, 0.1) is 38.7 Å². The maximum atomic E-state index is 11.6. The molecule has 0 aliphatic rings. The number of nitriles is 1. The minimum Gasteiger partial charge on any atom is -0.497 e. The fraction of sp³-hybridized carbons (Fsp3) is 0.214. The summed E-state index contributed by atoms with van der Waals surface area (Å²) in [7, 11) is 3.83. The number of ether oxygens (including phenoxy) is 3. The number of methoxy groups -OCH3 is 3. The van der Waals surface area contributed by atoms with Crippen LogP contribution < -0.4 is 10.1 Å². The molecule has 0 aromatic heterocycles. The Balaban J connectivity index is 3.15. The van der Waals surface area contributed by atoms with Gasteiger partial charge in [-0.05, 0) is 18.2 Å². The summed E-state index contributed by atoms with van der Waals surface area (Å²) in [4.78, 5) is 22.9. The summed E-state index contributed by atoms with van der Waals surface area (Å²) < 4.78 is 14.0. The molecular formula is C14H14N2O5. The summed E-state index contributed by atoms with van der Waals surface area (Å²) >= 11 is 0. The van der Waals surface area contributed by atoms with E-state index in [1.807, 2.05) is 6.07 Å². The van der Waals surface area contributed by atoms with Gasteiger partial charge in [-0.15, -0.1) is 0 Å². The molecule has 1 N–H and O–H groups in total. The average Bonchev–Trinajstić information content (AvgIpc) is 2.53. The van der Waals surface area contributed by atoms with E-state index in [1.54, 1.807) is 12.1 Å². The largest absolute Gasteiger partial charge is 0.497 e. The smallest absolute Gasteiger partial charge is 0.354 e. The Morgan fingerprint density at radius 2 is 1.95 bits per heavy atom. The van der Waals surface area contributed by atoms with Crippen molar-refractivity contribution in [3.05, 3.63) is 35.5 Å². The molecule has 0 spiro atoms. The van der Waals surface area contributed by atoms with Gasteiger partial charge >= 0.3 is 11.9 Å². The first kappa shape index (κ1) is 16.0. The highest BCUT2D eigenvalue weighted by Crippen LogP contribution is 2.22. The van der Waals surface area contributed by atoms with Gasteiger partial charge in [-0.2, -0.15) is 5.26 Å². The van der Waals surface area contributed by atoms with Crippen molar-refractivity contribution in [3.63, 3.8) is 0 Å². The van der Waals surface area contributed by atoms with Gasteiger partial charge in [0.2, 0.25) is 0 Å². The first-order valence-electron chi connectivity index (χ1n) is 5.78. The second-order valence-corrected chi connectivity index (χ2v) is 3.72. The van der Waals surface area contributed by atoms with Crippen molar-refractivity contribution in [3.8, 4) is 11.8 Å². The molecule has 1 aromatic carbocycles. The van der Waals surface area contributed by atoms with Crippen molar-refractivity contribution in [1.29, 1.82) is 5.26 Å². The van der Waals surface area contributed by atoms with Crippen LogP contribution >= 0.6 is 0 Å². The highest BCUT2D eigenvalue weighted by molar-refractivity contribution is 5.99. The molecule has 0 heterocycles. The first-order chi connectivity index (χ1) is 10.0. The lowest BCUT2D eigenvalue weighted by molar-refractivity contribution is -0.138. The molecule has 0 saturated carbocycles. The van der Waals surface area contributed by atoms with Crippen LogP contribution in [0.1, 0.15) is 5.56 Å². The van der Waals surface area contributed by atoms with Crippen LogP contribution in [0.4, 0.5) is 5.69 Å². The molecule has 0 saturated heterocycles. The lowest BCUT2D eigenvalue weighted by atomic mass is 10.1. The molecule has 0 amide bonds. The molecule has 1 rings (SSSR count). The van der Waals surface area contributed by atoms with Crippen LogP contribution in [0.25, 0.3) is 0 Å². The number of anilines is 1. The van der Waals surface area contributed by atoms with E-state index in [0.717, 1.165) is 6.08 Å². The zero-order valence-corrected chi connectivity index (χ0v) is 11.8. The quantitative estimate of drug-likeness (QED) is 0.642. The highest BCUT2D eigenvalue weighted by Gasteiger charge is 2.15. The average molecular weight is 290 g/mol. The van der Waals surface area contributed by atoms with Gasteiger partial charge in [-0.25, -0.2) is 9.59 Å². The van der Waals surface area contributed by atoms with E-state index in [4.69, 9.17) is 10.00 Å². The number of esters is 2. The Bertz CT molecular complexity index is 616. The van der Waals surface area contributed by atoms with Gasteiger partial charge in [0.25, 0.3) is 0 Å². The lowest BCUT2D eigenvalue weighted by Gasteiger charge is -2.11. The third kappa shape index (κ3) is 4.24. The number of nitrogens with one attached hydrogen (secondary N) is 1. The molecule has 0 atom stereocenters. The molecule has 0 bridgehead atoms. The molecule has 0 aliphatic heterocycles. The zero-order valence-electron chi connectivity index (χ0n) is 11.8. The summed E-state index contributed by atoms with van der Waals surface area (Å²) in [6.45, 7) is 0. The lowest BCUT2D eigenvalue weighted by Crippen LogP contribution is -2.16. The molecule has 7 nitrogen and oxygen atoms in total. The fourth-order valence-electron chi connectivity index (χ4n) is 1.43. The Kier molecular flexibility index (Phi) is 5.77. The number of carbonyl (C=O) groups is 2. The Labute approximate surface area is 121 Å². The Morgan fingerprint density at radius 3 is 2.48 bits per heavy atom. The molecular weight excluding hydrogens is 276 g/mol. The topological polar surface area (TPSA) is 97.6 Å². The van der Waals surface area contributed by atoms with E-state index >= 15 is 0 Å². The van der Waals surface area contributed by atoms with Gasteiger partial charge in [0.15, 0.2) is 0 Å². The van der Waals surface area contributed by atoms with Crippen molar-refractivity contribution in [2.24, 2.45) is 0 Å². The maximum absolute atomic E-state index is 11.6. The second-order valence-electron chi connectivity index (χ2n) is 3.72. The number of hydrogen-bond donors (Lipinski definition) is 1. The maximum Gasteiger partial charge on any atom is 0.354 e. The van der Waals surface area contributed by atoms with Gasteiger partial charge < -0.3 is 19.5 Å². The summed E-state index contributed by atoms with van der Waals surface area (Å²) in [5, 5.41) is 11.8. The van der Waals surface area contributed by atoms with Crippen molar-refractivity contribution in [1.82, 2.24) is 0 Å². The molecule has 0 unspecified atom stereocenters. The molecule has 0 aliphatic carbocycles. The van der Waals surface area contributed by atoms with Gasteiger partial charge in [-0.1, -0.05) is 0 Å². The van der Waals surface area contributed by atoms with Crippen LogP contribution in [0, 0.1) is 11.3 Å². The highest BCUT2D eigenvalue weighted by atomic mass is 16.5. The number of benzene rings is 1. The zero-order chi connectivity index (χ0) is 15.8. The number of nitrogens with zero attached hydrogens (tertiary/aromatic N) is 1. The summed E-state index contributed by atoms with van der Waals surface area (Å²) in [5.41, 5.74) is 0.430. The first-order valence-corrected chi connectivity index (χ1v) is 5.78. The monoisotopic (exact) mass is 290 g/mol.